The molecule has 0 saturated carbocycles. The zero-order valence-corrected chi connectivity index (χ0v) is 21.4. The van der Waals surface area contributed by atoms with E-state index in [0.717, 1.165) is 13.0 Å². The van der Waals surface area contributed by atoms with Gasteiger partial charge >= 0.3 is 5.97 Å². The molecule has 5 unspecified atom stereocenters. The number of unbranched alkanes of at least 4 members (excludes halogenated alkanes) is 1. The lowest BCUT2D eigenvalue weighted by molar-refractivity contribution is -0.142. The van der Waals surface area contributed by atoms with Gasteiger partial charge in [-0.05, 0) is 64.0 Å². The number of rotatable bonds is 17. The van der Waals surface area contributed by atoms with Crippen molar-refractivity contribution in [3.63, 3.8) is 0 Å². The van der Waals surface area contributed by atoms with Gasteiger partial charge in [0.2, 0.25) is 17.7 Å². The standard InChI is InChI=1S/C23H44N8O5/c1-3-14(2)18(31-19(32)15-9-6-12-27-15)21(34)29-16(10-7-13-28-23(25)26)20(33)30-17(22(35)36)8-4-5-11-24/h14-18,27H,3-13,24H2,1-2H3,(H,29,34)(H,30,33)(H,31,32)(H,35,36)(H4,25,26,28). The minimum absolute atomic E-state index is 0.0917. The summed E-state index contributed by atoms with van der Waals surface area (Å²) in [5, 5.41) is 20.7. The number of aliphatic imine (C=N–C) groups is 1. The third-order valence-corrected chi connectivity index (χ3v) is 6.31. The number of carbonyl (C=O) groups is 4. The summed E-state index contributed by atoms with van der Waals surface area (Å²) in [4.78, 5) is 54.5. The van der Waals surface area contributed by atoms with Gasteiger partial charge in [0.1, 0.15) is 18.1 Å². The van der Waals surface area contributed by atoms with Crippen LogP contribution in [0.25, 0.3) is 0 Å². The van der Waals surface area contributed by atoms with E-state index in [4.69, 9.17) is 17.2 Å². The second kappa shape index (κ2) is 16.7. The summed E-state index contributed by atoms with van der Waals surface area (Å²) < 4.78 is 0. The van der Waals surface area contributed by atoms with Gasteiger partial charge in [0.25, 0.3) is 0 Å². The molecule has 1 heterocycles. The van der Waals surface area contributed by atoms with Crippen molar-refractivity contribution in [2.24, 2.45) is 28.1 Å². The Morgan fingerprint density at radius 1 is 1.03 bits per heavy atom. The van der Waals surface area contributed by atoms with Crippen LogP contribution in [0.15, 0.2) is 4.99 Å². The Morgan fingerprint density at radius 3 is 2.25 bits per heavy atom. The number of nitrogens with one attached hydrogen (secondary N) is 4. The van der Waals surface area contributed by atoms with Crippen molar-refractivity contribution in [3.8, 4) is 0 Å². The summed E-state index contributed by atoms with van der Waals surface area (Å²) in [5.74, 6) is -2.84. The average molecular weight is 513 g/mol. The van der Waals surface area contributed by atoms with Gasteiger partial charge < -0.3 is 43.6 Å². The maximum absolute atomic E-state index is 13.3. The summed E-state index contributed by atoms with van der Waals surface area (Å²) in [6, 6.07) is -3.35. The minimum Gasteiger partial charge on any atom is -0.480 e. The van der Waals surface area contributed by atoms with Crippen molar-refractivity contribution in [2.45, 2.75) is 89.4 Å². The Bertz CT molecular complexity index is 753. The number of nitrogens with two attached hydrogens (primary N) is 3. The fraction of sp³-hybridized carbons (Fsp3) is 0.783. The molecule has 5 atom stereocenters. The minimum atomic E-state index is -1.17. The molecule has 1 aliphatic heterocycles. The van der Waals surface area contributed by atoms with Gasteiger partial charge in [0.15, 0.2) is 5.96 Å². The molecule has 11 N–H and O–H groups in total. The van der Waals surface area contributed by atoms with E-state index in [1.807, 2.05) is 13.8 Å². The molecule has 1 fully saturated rings. The van der Waals surface area contributed by atoms with Gasteiger partial charge in [-0.3, -0.25) is 19.4 Å². The lowest BCUT2D eigenvalue weighted by Crippen LogP contribution is -2.58. The van der Waals surface area contributed by atoms with E-state index in [9.17, 15) is 24.3 Å². The van der Waals surface area contributed by atoms with Crippen LogP contribution in [-0.2, 0) is 19.2 Å². The maximum atomic E-state index is 13.3. The normalized spacial score (nSPS) is 18.4. The first kappa shape index (κ1) is 31.1. The number of carboxylic acids is 1. The summed E-state index contributed by atoms with van der Waals surface area (Å²) in [7, 11) is 0. The zero-order valence-electron chi connectivity index (χ0n) is 21.4. The molecular weight excluding hydrogens is 468 g/mol. The van der Waals surface area contributed by atoms with Gasteiger partial charge in [0.05, 0.1) is 6.04 Å². The van der Waals surface area contributed by atoms with Crippen LogP contribution in [0.4, 0.5) is 0 Å². The van der Waals surface area contributed by atoms with E-state index in [0.29, 0.717) is 38.6 Å². The quantitative estimate of drug-likeness (QED) is 0.0643. The zero-order chi connectivity index (χ0) is 27.1. The van der Waals surface area contributed by atoms with E-state index in [1.54, 1.807) is 0 Å². The van der Waals surface area contributed by atoms with Crippen LogP contribution >= 0.6 is 0 Å². The highest BCUT2D eigenvalue weighted by atomic mass is 16.4. The van der Waals surface area contributed by atoms with Crippen molar-refractivity contribution in [1.82, 2.24) is 21.3 Å². The lowest BCUT2D eigenvalue weighted by Gasteiger charge is -2.28. The molecule has 0 bridgehead atoms. The molecular formula is C23H44N8O5. The molecule has 1 aliphatic rings. The highest BCUT2D eigenvalue weighted by molar-refractivity contribution is 5.94. The fourth-order valence-electron chi connectivity index (χ4n) is 3.92. The molecule has 3 amide bonds. The Kier molecular flexibility index (Phi) is 14.4. The second-order valence-corrected chi connectivity index (χ2v) is 9.21. The molecule has 13 heteroatoms. The van der Waals surface area contributed by atoms with Gasteiger partial charge in [0, 0.05) is 6.54 Å². The third kappa shape index (κ3) is 11.2. The van der Waals surface area contributed by atoms with Gasteiger partial charge in [-0.15, -0.1) is 0 Å². The number of carboxylic acid groups (broad SMARTS) is 1. The van der Waals surface area contributed by atoms with Gasteiger partial charge in [-0.25, -0.2) is 4.79 Å². The Balaban J connectivity index is 2.97. The lowest BCUT2D eigenvalue weighted by atomic mass is 9.97. The fourth-order valence-corrected chi connectivity index (χ4v) is 3.92. The summed E-state index contributed by atoms with van der Waals surface area (Å²) >= 11 is 0. The maximum Gasteiger partial charge on any atom is 0.326 e. The first-order chi connectivity index (χ1) is 17.1. The number of carbonyl (C=O) groups excluding carboxylic acids is 3. The first-order valence-electron chi connectivity index (χ1n) is 12.7. The largest absolute Gasteiger partial charge is 0.480 e. The number of amides is 3. The van der Waals surface area contributed by atoms with Crippen LogP contribution in [-0.4, -0.2) is 78.6 Å². The first-order valence-corrected chi connectivity index (χ1v) is 12.7. The summed E-state index contributed by atoms with van der Waals surface area (Å²) in [6.45, 7) is 5.15. The topological polar surface area (TPSA) is 227 Å². The monoisotopic (exact) mass is 512 g/mol. The number of guanidine groups is 1. The average Bonchev–Trinajstić information content (AvgIpc) is 3.38. The van der Waals surface area contributed by atoms with E-state index in [-0.39, 0.29) is 43.2 Å². The predicted molar refractivity (Wildman–Crippen MR) is 137 cm³/mol. The number of aliphatic carboxylic acids is 1. The van der Waals surface area contributed by atoms with E-state index < -0.39 is 35.9 Å². The van der Waals surface area contributed by atoms with E-state index in [1.165, 1.54) is 0 Å². The van der Waals surface area contributed by atoms with Crippen molar-refractivity contribution in [3.05, 3.63) is 0 Å². The van der Waals surface area contributed by atoms with Crippen LogP contribution in [0.5, 0.6) is 0 Å². The summed E-state index contributed by atoms with van der Waals surface area (Å²) in [6.07, 6.45) is 4.12. The third-order valence-electron chi connectivity index (χ3n) is 6.31. The van der Waals surface area contributed by atoms with Crippen LogP contribution in [0.2, 0.25) is 0 Å². The molecule has 0 aliphatic carbocycles. The van der Waals surface area contributed by atoms with Crippen molar-refractivity contribution in [1.29, 1.82) is 0 Å². The molecule has 206 valence electrons. The highest BCUT2D eigenvalue weighted by Gasteiger charge is 2.33. The molecule has 1 saturated heterocycles. The molecule has 1 rings (SSSR count). The molecule has 0 aromatic carbocycles. The van der Waals surface area contributed by atoms with Crippen LogP contribution in [0.3, 0.4) is 0 Å². The van der Waals surface area contributed by atoms with Crippen LogP contribution < -0.4 is 38.5 Å². The molecule has 0 spiro atoms. The molecule has 0 aromatic rings. The van der Waals surface area contributed by atoms with Crippen molar-refractivity contribution >= 4 is 29.7 Å². The Morgan fingerprint density at radius 2 is 1.69 bits per heavy atom. The molecule has 0 radical (unpaired) electrons. The highest BCUT2D eigenvalue weighted by Crippen LogP contribution is 2.12. The SMILES string of the molecule is CCC(C)C(NC(=O)C1CCCN1)C(=O)NC(CCCN=C(N)N)C(=O)NC(CCCCN)C(=O)O. The Hall–Kier alpha value is -2.93. The molecule has 0 aromatic heterocycles. The van der Waals surface area contributed by atoms with Crippen LogP contribution in [0.1, 0.15) is 65.2 Å². The number of hydrogen-bond acceptors (Lipinski definition) is 7. The second-order valence-electron chi connectivity index (χ2n) is 9.21. The van der Waals surface area contributed by atoms with Crippen molar-refractivity contribution in [2.75, 3.05) is 19.6 Å². The van der Waals surface area contributed by atoms with E-state index >= 15 is 0 Å². The van der Waals surface area contributed by atoms with E-state index in [2.05, 4.69) is 26.3 Å². The number of hydrogen-bond donors (Lipinski definition) is 8. The Labute approximate surface area is 212 Å². The van der Waals surface area contributed by atoms with Crippen LogP contribution in [0, 0.1) is 5.92 Å². The summed E-state index contributed by atoms with van der Waals surface area (Å²) in [5.41, 5.74) is 16.2. The number of nitrogens with zero attached hydrogens (tertiary/aromatic N) is 1. The van der Waals surface area contributed by atoms with Crippen molar-refractivity contribution < 1.29 is 24.3 Å². The molecule has 36 heavy (non-hydrogen) atoms. The van der Waals surface area contributed by atoms with Gasteiger partial charge in [-0.2, -0.15) is 0 Å². The molecule has 13 nitrogen and oxygen atoms in total. The smallest absolute Gasteiger partial charge is 0.326 e. The predicted octanol–water partition coefficient (Wildman–Crippen LogP) is -1.49. The van der Waals surface area contributed by atoms with Gasteiger partial charge in [-0.1, -0.05) is 20.3 Å².